The molecule has 1 aromatic carbocycles. The molecule has 1 aromatic rings. The summed E-state index contributed by atoms with van der Waals surface area (Å²) in [5, 5.41) is 11.4. The Morgan fingerprint density at radius 2 is 2.24 bits per heavy atom. The molecule has 2 aliphatic rings. The van der Waals surface area contributed by atoms with E-state index in [-0.39, 0.29) is 17.5 Å². The fourth-order valence-electron chi connectivity index (χ4n) is 3.76. The van der Waals surface area contributed by atoms with E-state index in [2.05, 4.69) is 45.9 Å². The van der Waals surface area contributed by atoms with Gasteiger partial charge in [0, 0.05) is 36.7 Å². The summed E-state index contributed by atoms with van der Waals surface area (Å²) in [5.41, 5.74) is -1.49. The van der Waals surface area contributed by atoms with Gasteiger partial charge in [0.25, 0.3) is 5.23 Å². The number of carbonyl (C=O) groups excluding carboxylic acids is 1. The van der Waals surface area contributed by atoms with Crippen molar-refractivity contribution < 1.29 is 23.0 Å². The first kappa shape index (κ1) is 25.9. The van der Waals surface area contributed by atoms with Crippen LogP contribution in [-0.4, -0.2) is 44.2 Å². The number of ether oxygens (including phenoxy) is 2. The number of allylic oxidation sites excluding steroid dienone is 1. The first-order valence-electron chi connectivity index (χ1n) is 10.5. The van der Waals surface area contributed by atoms with E-state index >= 15 is 0 Å². The summed E-state index contributed by atoms with van der Waals surface area (Å²) >= 11 is 4.45. The lowest BCUT2D eigenvalue weighted by atomic mass is 9.85. The van der Waals surface area contributed by atoms with Crippen molar-refractivity contribution in [3.8, 4) is 6.07 Å². The predicted molar refractivity (Wildman–Crippen MR) is 131 cm³/mol. The molecule has 0 unspecified atom stereocenters. The molecule has 178 valence electrons. The topological polar surface area (TPSA) is 83.7 Å². The first-order chi connectivity index (χ1) is 15.5. The average molecular weight is 559 g/mol. The maximum Gasteiger partial charge on any atom is 0.416 e. The lowest BCUT2D eigenvalue weighted by molar-refractivity contribution is 0.120. The molecule has 1 saturated carbocycles. The van der Waals surface area contributed by atoms with E-state index in [0.717, 1.165) is 17.8 Å². The van der Waals surface area contributed by atoms with Crippen molar-refractivity contribution in [2.45, 2.75) is 42.4 Å². The van der Waals surface area contributed by atoms with Crippen LogP contribution in [0.3, 0.4) is 0 Å². The van der Waals surface area contributed by atoms with Crippen molar-refractivity contribution in [1.29, 1.82) is 5.26 Å². The number of hydrogen-bond donors (Lipinski definition) is 1. The Labute approximate surface area is 205 Å². The number of thioether (sulfide) groups is 1. The van der Waals surface area contributed by atoms with Gasteiger partial charge in [0.15, 0.2) is 0 Å². The van der Waals surface area contributed by atoms with Crippen molar-refractivity contribution in [2.75, 3.05) is 20.0 Å². The molecule has 11 heteroatoms. The number of aliphatic imine (C=N–C) groups is 1. The second-order valence-electron chi connectivity index (χ2n) is 9.27. The van der Waals surface area contributed by atoms with Crippen LogP contribution in [0.2, 0.25) is 25.7 Å². The second-order valence-corrected chi connectivity index (χ2v) is 17.1. The Bertz CT molecular complexity index is 1010. The highest BCUT2D eigenvalue weighted by molar-refractivity contribution is 9.10. The number of halogens is 3. The van der Waals surface area contributed by atoms with E-state index in [9.17, 15) is 13.6 Å². The van der Waals surface area contributed by atoms with E-state index in [1.165, 1.54) is 24.3 Å². The van der Waals surface area contributed by atoms with Gasteiger partial charge in [0.1, 0.15) is 24.8 Å². The number of nitrogens with one attached hydrogen (secondary N) is 1. The maximum atomic E-state index is 14.8. The van der Waals surface area contributed by atoms with Crippen molar-refractivity contribution in [3.63, 3.8) is 0 Å². The SMILES string of the molecule is C[Si](C)(C)CCOCNC(=O)OC1=N[C@](CF)(c2cc(Br)ccc2F)[C@@H]2C[C@]2(/C=C/C#N)S1. The molecule has 1 amide bonds. The highest BCUT2D eigenvalue weighted by atomic mass is 79.9. The van der Waals surface area contributed by atoms with E-state index in [1.54, 1.807) is 6.08 Å². The molecule has 6 nitrogen and oxygen atoms in total. The van der Waals surface area contributed by atoms with E-state index in [4.69, 9.17) is 14.7 Å². The minimum atomic E-state index is -1.57. The average Bonchev–Trinajstić information content (AvgIpc) is 3.47. The standard InChI is InChI=1S/C22H26BrF2N3O3SSi/c1-33(2,3)10-9-30-14-27-19(29)31-20-28-22(13-24,16-11-15(23)5-6-17(16)25)18-12-21(18,32-20)7-4-8-26/h4-7,11,18H,9-10,12-14H2,1-3H3,(H,27,29)/b7-4+/t18-,21+,22-/m1/s1. The molecule has 1 aliphatic heterocycles. The fraction of sp³-hybridized carbons (Fsp3) is 0.500. The summed E-state index contributed by atoms with van der Waals surface area (Å²) in [6.45, 7) is 6.19. The highest BCUT2D eigenvalue weighted by Gasteiger charge is 2.68. The normalized spacial score (nSPS) is 26.3. The molecule has 1 N–H and O–H groups in total. The Morgan fingerprint density at radius 3 is 2.91 bits per heavy atom. The Morgan fingerprint density at radius 1 is 1.48 bits per heavy atom. The van der Waals surface area contributed by atoms with Crippen LogP contribution >= 0.6 is 27.7 Å². The number of nitrogens with zero attached hydrogens (tertiary/aromatic N) is 2. The summed E-state index contributed by atoms with van der Waals surface area (Å²) in [5.74, 6) is -0.995. The lowest BCUT2D eigenvalue weighted by Crippen LogP contribution is -2.39. The van der Waals surface area contributed by atoms with Crippen molar-refractivity contribution >= 4 is 47.1 Å². The summed E-state index contributed by atoms with van der Waals surface area (Å²) in [4.78, 5) is 16.7. The highest BCUT2D eigenvalue weighted by Crippen LogP contribution is 2.67. The Kier molecular flexibility index (Phi) is 8.04. The molecule has 0 aromatic heterocycles. The van der Waals surface area contributed by atoms with Crippen LogP contribution in [0, 0.1) is 23.1 Å². The number of alkyl carbamates (subject to hydrolysis) is 1. The number of hydrogen-bond acceptors (Lipinski definition) is 6. The summed E-state index contributed by atoms with van der Waals surface area (Å²) in [6, 6.07) is 7.16. The largest absolute Gasteiger partial charge is 0.416 e. The van der Waals surface area contributed by atoms with Gasteiger partial charge in [0.05, 0.1) is 10.8 Å². The number of carbonyl (C=O) groups is 1. The predicted octanol–water partition coefficient (Wildman–Crippen LogP) is 5.73. The number of benzene rings is 1. The van der Waals surface area contributed by atoms with Gasteiger partial charge >= 0.3 is 6.09 Å². The van der Waals surface area contributed by atoms with Gasteiger partial charge in [0.2, 0.25) is 0 Å². The van der Waals surface area contributed by atoms with E-state index in [1.807, 2.05) is 6.07 Å². The summed E-state index contributed by atoms with van der Waals surface area (Å²) < 4.78 is 40.1. The van der Waals surface area contributed by atoms with Gasteiger partial charge in [-0.25, -0.2) is 18.6 Å². The number of rotatable bonds is 8. The zero-order valence-electron chi connectivity index (χ0n) is 18.7. The molecule has 3 rings (SSSR count). The first-order valence-corrected chi connectivity index (χ1v) is 15.8. The van der Waals surface area contributed by atoms with Gasteiger partial charge < -0.3 is 9.47 Å². The molecule has 1 fully saturated rings. The van der Waals surface area contributed by atoms with Crippen LogP contribution in [0.25, 0.3) is 0 Å². The van der Waals surface area contributed by atoms with E-state index in [0.29, 0.717) is 17.5 Å². The number of nitriles is 1. The summed E-state index contributed by atoms with van der Waals surface area (Å²) in [6.07, 6.45) is 2.62. The third-order valence-electron chi connectivity index (χ3n) is 5.63. The van der Waals surface area contributed by atoms with Gasteiger partial charge in [-0.1, -0.05) is 53.4 Å². The van der Waals surface area contributed by atoms with Crippen molar-refractivity contribution in [1.82, 2.24) is 5.32 Å². The third-order valence-corrected chi connectivity index (χ3v) is 9.14. The van der Waals surface area contributed by atoms with Gasteiger partial charge in [-0.05, 0) is 30.7 Å². The summed E-state index contributed by atoms with van der Waals surface area (Å²) in [7, 11) is -1.24. The minimum Gasteiger partial charge on any atom is -0.385 e. The smallest absolute Gasteiger partial charge is 0.385 e. The van der Waals surface area contributed by atoms with Gasteiger partial charge in [-0.15, -0.1) is 0 Å². The van der Waals surface area contributed by atoms with Crippen molar-refractivity contribution in [3.05, 3.63) is 46.2 Å². The molecule has 1 aliphatic carbocycles. The Balaban J connectivity index is 1.80. The fourth-order valence-corrected chi connectivity index (χ4v) is 6.25. The molecule has 33 heavy (non-hydrogen) atoms. The Hall–Kier alpha value is -1.74. The second kappa shape index (κ2) is 10.3. The molecular formula is C22H26BrF2N3O3SSi. The van der Waals surface area contributed by atoms with Gasteiger partial charge in [-0.3, -0.25) is 5.32 Å². The van der Waals surface area contributed by atoms with Crippen LogP contribution in [0.5, 0.6) is 0 Å². The molecule has 0 bridgehead atoms. The van der Waals surface area contributed by atoms with Crippen LogP contribution in [0.15, 0.2) is 39.8 Å². The molecule has 0 radical (unpaired) electrons. The maximum absolute atomic E-state index is 14.8. The number of fused-ring (bicyclic) bond motifs is 1. The van der Waals surface area contributed by atoms with Crippen molar-refractivity contribution in [2.24, 2.45) is 10.9 Å². The lowest BCUT2D eigenvalue weighted by Gasteiger charge is -2.34. The molecule has 0 spiro atoms. The molecular weight excluding hydrogens is 532 g/mol. The molecule has 3 atom stereocenters. The van der Waals surface area contributed by atoms with Crippen LogP contribution in [0.1, 0.15) is 12.0 Å². The van der Waals surface area contributed by atoms with Gasteiger partial charge in [-0.2, -0.15) is 5.26 Å². The minimum absolute atomic E-state index is 0.0299. The van der Waals surface area contributed by atoms with Crippen LogP contribution in [0.4, 0.5) is 13.6 Å². The monoisotopic (exact) mass is 557 g/mol. The third kappa shape index (κ3) is 6.04. The number of alkyl halides is 1. The quantitative estimate of drug-likeness (QED) is 0.191. The number of amides is 1. The zero-order chi connectivity index (χ0) is 24.3. The zero-order valence-corrected chi connectivity index (χ0v) is 22.1. The van der Waals surface area contributed by atoms with E-state index < -0.39 is 42.9 Å². The van der Waals surface area contributed by atoms with Crippen LogP contribution in [-0.2, 0) is 15.0 Å². The van der Waals surface area contributed by atoms with Crippen LogP contribution < -0.4 is 5.32 Å². The molecule has 0 saturated heterocycles. The molecule has 1 heterocycles.